The summed E-state index contributed by atoms with van der Waals surface area (Å²) in [4.78, 5) is 16.3. The van der Waals surface area contributed by atoms with Gasteiger partial charge in [-0.15, -0.1) is 0 Å². The van der Waals surface area contributed by atoms with Crippen LogP contribution in [-0.2, 0) is 9.53 Å². The summed E-state index contributed by atoms with van der Waals surface area (Å²) in [5.74, 6) is 1.07. The summed E-state index contributed by atoms with van der Waals surface area (Å²) >= 11 is 0. The third-order valence-electron chi connectivity index (χ3n) is 4.07. The van der Waals surface area contributed by atoms with E-state index in [0.29, 0.717) is 18.1 Å². The SMILES string of the molecule is CCOC(=O)CNC1=C/C(=N/c2ccc(OC)c(OC)c2)CC(C)(C)C1. The molecule has 1 aromatic carbocycles. The third kappa shape index (κ3) is 5.51. The number of nitrogens with zero attached hydrogens (tertiary/aromatic N) is 1. The van der Waals surface area contributed by atoms with Gasteiger partial charge in [-0.3, -0.25) is 9.79 Å². The highest BCUT2D eigenvalue weighted by molar-refractivity contribution is 5.98. The lowest BCUT2D eigenvalue weighted by atomic mass is 9.78. The average Bonchev–Trinajstić information content (AvgIpc) is 2.58. The molecule has 0 spiro atoms. The number of esters is 1. The molecule has 1 N–H and O–H groups in total. The largest absolute Gasteiger partial charge is 0.493 e. The van der Waals surface area contributed by atoms with Gasteiger partial charge in [0.05, 0.1) is 26.5 Å². The minimum Gasteiger partial charge on any atom is -0.493 e. The maximum atomic E-state index is 11.6. The van der Waals surface area contributed by atoms with Gasteiger partial charge in [-0.25, -0.2) is 0 Å². The van der Waals surface area contributed by atoms with Crippen molar-refractivity contribution in [2.24, 2.45) is 10.4 Å². The lowest BCUT2D eigenvalue weighted by Gasteiger charge is -2.31. The van der Waals surface area contributed by atoms with E-state index in [4.69, 9.17) is 19.2 Å². The van der Waals surface area contributed by atoms with Crippen LogP contribution in [0.5, 0.6) is 11.5 Å². The molecule has 0 saturated heterocycles. The molecule has 6 heteroatoms. The van der Waals surface area contributed by atoms with E-state index in [9.17, 15) is 4.79 Å². The van der Waals surface area contributed by atoms with Crippen molar-refractivity contribution in [1.29, 1.82) is 0 Å². The highest BCUT2D eigenvalue weighted by Gasteiger charge is 2.26. The summed E-state index contributed by atoms with van der Waals surface area (Å²) in [6, 6.07) is 5.60. The van der Waals surface area contributed by atoms with Gasteiger partial charge in [-0.2, -0.15) is 0 Å². The van der Waals surface area contributed by atoms with Crippen LogP contribution in [0.2, 0.25) is 0 Å². The molecule has 0 saturated carbocycles. The van der Waals surface area contributed by atoms with Gasteiger partial charge >= 0.3 is 5.97 Å². The molecule has 0 bridgehead atoms. The van der Waals surface area contributed by atoms with E-state index in [0.717, 1.165) is 29.9 Å². The van der Waals surface area contributed by atoms with Gasteiger partial charge in [0.15, 0.2) is 11.5 Å². The second-order valence-electron chi connectivity index (χ2n) is 6.99. The fourth-order valence-electron chi connectivity index (χ4n) is 3.01. The van der Waals surface area contributed by atoms with E-state index < -0.39 is 0 Å². The monoisotopic (exact) mass is 360 g/mol. The summed E-state index contributed by atoms with van der Waals surface area (Å²) in [7, 11) is 3.22. The number of hydrogen-bond acceptors (Lipinski definition) is 6. The number of carbonyl (C=O) groups excluding carboxylic acids is 1. The summed E-state index contributed by atoms with van der Waals surface area (Å²) in [5, 5.41) is 3.18. The Kier molecular flexibility index (Phi) is 6.66. The molecule has 0 aliphatic heterocycles. The Labute approximate surface area is 155 Å². The second-order valence-corrected chi connectivity index (χ2v) is 6.99. The summed E-state index contributed by atoms with van der Waals surface area (Å²) in [6.07, 6.45) is 3.73. The topological polar surface area (TPSA) is 69.2 Å². The Morgan fingerprint density at radius 3 is 2.58 bits per heavy atom. The number of allylic oxidation sites excluding steroid dienone is 2. The molecule has 0 radical (unpaired) electrons. The maximum Gasteiger partial charge on any atom is 0.325 e. The van der Waals surface area contributed by atoms with Gasteiger partial charge < -0.3 is 19.5 Å². The number of methoxy groups -OCH3 is 2. The standard InChI is InChI=1S/C20H28N2O4/c1-6-26-19(23)13-21-15-9-16(12-20(2,3)11-15)22-14-7-8-17(24-4)18(10-14)25-5/h7-10,21H,6,11-13H2,1-5H3/b22-16-. The van der Waals surface area contributed by atoms with E-state index in [1.165, 1.54) is 0 Å². The van der Waals surface area contributed by atoms with Crippen LogP contribution in [0.15, 0.2) is 35.0 Å². The molecule has 0 fully saturated rings. The molecule has 1 aliphatic rings. The lowest BCUT2D eigenvalue weighted by Crippen LogP contribution is -2.31. The number of rotatable bonds is 7. The van der Waals surface area contributed by atoms with Crippen molar-refractivity contribution in [1.82, 2.24) is 5.32 Å². The zero-order chi connectivity index (χ0) is 19.2. The number of aliphatic imine (C=N–C) groups is 1. The smallest absolute Gasteiger partial charge is 0.325 e. The molecular formula is C20H28N2O4. The Morgan fingerprint density at radius 1 is 1.19 bits per heavy atom. The van der Waals surface area contributed by atoms with Crippen molar-refractivity contribution in [3.63, 3.8) is 0 Å². The van der Waals surface area contributed by atoms with E-state index in [2.05, 4.69) is 19.2 Å². The van der Waals surface area contributed by atoms with Gasteiger partial charge in [-0.1, -0.05) is 13.8 Å². The van der Waals surface area contributed by atoms with Crippen LogP contribution in [0.4, 0.5) is 5.69 Å². The number of nitrogens with one attached hydrogen (secondary N) is 1. The minimum absolute atomic E-state index is 0.0567. The van der Waals surface area contributed by atoms with Crippen LogP contribution >= 0.6 is 0 Å². The maximum absolute atomic E-state index is 11.6. The summed E-state index contributed by atoms with van der Waals surface area (Å²) < 4.78 is 15.6. The molecule has 0 unspecified atom stereocenters. The van der Waals surface area contributed by atoms with Gasteiger partial charge in [0, 0.05) is 17.5 Å². The minimum atomic E-state index is -0.254. The first-order chi connectivity index (χ1) is 12.4. The van der Waals surface area contributed by atoms with E-state index in [1.807, 2.05) is 24.3 Å². The first-order valence-electron chi connectivity index (χ1n) is 8.76. The van der Waals surface area contributed by atoms with Gasteiger partial charge in [0.25, 0.3) is 0 Å². The van der Waals surface area contributed by atoms with Crippen molar-refractivity contribution in [3.8, 4) is 11.5 Å². The van der Waals surface area contributed by atoms with Crippen LogP contribution in [0, 0.1) is 5.41 Å². The Morgan fingerprint density at radius 2 is 1.92 bits per heavy atom. The van der Waals surface area contributed by atoms with Crippen LogP contribution in [0.1, 0.15) is 33.6 Å². The third-order valence-corrected chi connectivity index (χ3v) is 4.07. The molecule has 6 nitrogen and oxygen atoms in total. The van der Waals surface area contributed by atoms with Gasteiger partial charge in [0.2, 0.25) is 0 Å². The molecule has 0 heterocycles. The van der Waals surface area contributed by atoms with Crippen molar-refractivity contribution >= 4 is 17.4 Å². The van der Waals surface area contributed by atoms with E-state index in [1.54, 1.807) is 21.1 Å². The fourth-order valence-corrected chi connectivity index (χ4v) is 3.01. The zero-order valence-corrected chi connectivity index (χ0v) is 16.2. The number of benzene rings is 1. The number of hydrogen-bond donors (Lipinski definition) is 1. The molecular weight excluding hydrogens is 332 g/mol. The predicted octanol–water partition coefficient (Wildman–Crippen LogP) is 3.63. The predicted molar refractivity (Wildman–Crippen MR) is 102 cm³/mol. The molecule has 26 heavy (non-hydrogen) atoms. The highest BCUT2D eigenvalue weighted by atomic mass is 16.5. The molecule has 0 aromatic heterocycles. The summed E-state index contributed by atoms with van der Waals surface area (Å²) in [6.45, 7) is 6.73. The lowest BCUT2D eigenvalue weighted by molar-refractivity contribution is -0.141. The zero-order valence-electron chi connectivity index (χ0n) is 16.2. The van der Waals surface area contributed by atoms with Gasteiger partial charge in [-0.05, 0) is 43.4 Å². The molecule has 1 aliphatic carbocycles. The molecule has 2 rings (SSSR count). The Hall–Kier alpha value is -2.50. The fraction of sp³-hybridized carbons (Fsp3) is 0.500. The van der Waals surface area contributed by atoms with Crippen molar-refractivity contribution in [2.75, 3.05) is 27.4 Å². The van der Waals surface area contributed by atoms with Crippen LogP contribution < -0.4 is 14.8 Å². The van der Waals surface area contributed by atoms with Crippen molar-refractivity contribution in [2.45, 2.75) is 33.6 Å². The van der Waals surface area contributed by atoms with Crippen LogP contribution in [0.3, 0.4) is 0 Å². The van der Waals surface area contributed by atoms with Crippen LogP contribution in [0.25, 0.3) is 0 Å². The average molecular weight is 360 g/mol. The summed E-state index contributed by atoms with van der Waals surface area (Å²) in [5.41, 5.74) is 2.81. The number of carbonyl (C=O) groups is 1. The Bertz CT molecular complexity index is 708. The van der Waals surface area contributed by atoms with Crippen molar-refractivity contribution in [3.05, 3.63) is 30.0 Å². The quantitative estimate of drug-likeness (QED) is 0.752. The van der Waals surface area contributed by atoms with E-state index in [-0.39, 0.29) is 17.9 Å². The van der Waals surface area contributed by atoms with Crippen LogP contribution in [-0.4, -0.2) is 39.1 Å². The highest BCUT2D eigenvalue weighted by Crippen LogP contribution is 2.35. The molecule has 0 amide bonds. The first-order valence-corrected chi connectivity index (χ1v) is 8.76. The normalized spacial score (nSPS) is 17.4. The molecule has 1 aromatic rings. The van der Waals surface area contributed by atoms with Crippen molar-refractivity contribution < 1.29 is 19.0 Å². The molecule has 142 valence electrons. The molecule has 0 atom stereocenters. The second kappa shape index (κ2) is 8.74. The first kappa shape index (κ1) is 19.8. The Balaban J connectivity index is 2.21. The van der Waals surface area contributed by atoms with E-state index >= 15 is 0 Å². The number of ether oxygens (including phenoxy) is 3. The van der Waals surface area contributed by atoms with Gasteiger partial charge in [0.1, 0.15) is 6.54 Å².